The molecule has 0 saturated carbocycles. The van der Waals surface area contributed by atoms with Crippen molar-refractivity contribution in [2.75, 3.05) is 6.54 Å². The molecule has 0 amide bonds. The van der Waals surface area contributed by atoms with Gasteiger partial charge in [-0.3, -0.25) is 5.01 Å². The summed E-state index contributed by atoms with van der Waals surface area (Å²) in [5, 5.41) is 12.7. The van der Waals surface area contributed by atoms with Crippen LogP contribution >= 0.6 is 0 Å². The van der Waals surface area contributed by atoms with Gasteiger partial charge in [0.25, 0.3) is 0 Å². The number of nitrogens with zero attached hydrogens (tertiary/aromatic N) is 1. The minimum absolute atomic E-state index is 0.207. The highest BCUT2D eigenvalue weighted by Crippen LogP contribution is 2.34. The van der Waals surface area contributed by atoms with Gasteiger partial charge in [-0.25, -0.2) is 5.43 Å². The Kier molecular flexibility index (Phi) is 1.97. The fourth-order valence-electron chi connectivity index (χ4n) is 2.33. The Labute approximate surface area is 93.2 Å². The fourth-order valence-corrected chi connectivity index (χ4v) is 2.33. The van der Waals surface area contributed by atoms with E-state index in [4.69, 9.17) is 0 Å². The number of aliphatic carboxylic acids is 1. The van der Waals surface area contributed by atoms with E-state index in [1.54, 1.807) is 12.3 Å². The van der Waals surface area contributed by atoms with Crippen LogP contribution in [-0.2, 0) is 4.79 Å². The largest absolute Gasteiger partial charge is 0.545 e. The van der Waals surface area contributed by atoms with Crippen LogP contribution < -0.4 is 10.5 Å². The average Bonchev–Trinajstić information content (AvgIpc) is 2.29. The number of hydrogen-bond donors (Lipinski definition) is 1. The Morgan fingerprint density at radius 2 is 2.38 bits per heavy atom. The third-order valence-electron chi connectivity index (χ3n) is 3.03. The molecule has 1 aliphatic carbocycles. The highest BCUT2D eigenvalue weighted by atomic mass is 16.4. The van der Waals surface area contributed by atoms with E-state index in [2.05, 4.69) is 11.5 Å². The summed E-state index contributed by atoms with van der Waals surface area (Å²) in [5.41, 5.74) is 6.80. The molecule has 3 rings (SSSR count). The maximum atomic E-state index is 10.9. The van der Waals surface area contributed by atoms with Crippen molar-refractivity contribution in [3.63, 3.8) is 0 Å². The predicted octanol–water partition coefficient (Wildman–Crippen LogP) is -0.0155. The molecular weight excluding hydrogens is 204 g/mol. The van der Waals surface area contributed by atoms with Crippen molar-refractivity contribution in [2.24, 2.45) is 0 Å². The van der Waals surface area contributed by atoms with Gasteiger partial charge in [0, 0.05) is 18.3 Å². The van der Waals surface area contributed by atoms with Crippen molar-refractivity contribution in [1.82, 2.24) is 10.4 Å². The van der Waals surface area contributed by atoms with Crippen molar-refractivity contribution in [3.05, 3.63) is 46.8 Å². The molecule has 0 aromatic rings. The van der Waals surface area contributed by atoms with E-state index in [1.807, 2.05) is 11.1 Å². The lowest BCUT2D eigenvalue weighted by molar-refractivity contribution is -0.298. The molecule has 0 radical (unpaired) electrons. The molecule has 0 aromatic heterocycles. The van der Waals surface area contributed by atoms with Crippen LogP contribution in [0.2, 0.25) is 0 Å². The molecule has 3 aliphatic rings. The molecule has 0 bridgehead atoms. The van der Waals surface area contributed by atoms with Gasteiger partial charge in [0.2, 0.25) is 0 Å². The minimum atomic E-state index is -1.14. The van der Waals surface area contributed by atoms with E-state index in [-0.39, 0.29) is 5.57 Å². The Balaban J connectivity index is 2.11. The molecule has 1 N–H and O–H groups in total. The van der Waals surface area contributed by atoms with Crippen molar-refractivity contribution in [2.45, 2.75) is 12.8 Å². The summed E-state index contributed by atoms with van der Waals surface area (Å²) < 4.78 is 0. The smallest absolute Gasteiger partial charge is 0.0730 e. The summed E-state index contributed by atoms with van der Waals surface area (Å²) in [6.45, 7) is 0.844. The lowest BCUT2D eigenvalue weighted by Crippen LogP contribution is -2.42. The molecule has 2 heterocycles. The van der Waals surface area contributed by atoms with Gasteiger partial charge in [-0.2, -0.15) is 0 Å². The summed E-state index contributed by atoms with van der Waals surface area (Å²) in [6.07, 6.45) is 9.28. The number of carboxylic acids is 1. The Bertz CT molecular complexity index is 483. The van der Waals surface area contributed by atoms with Gasteiger partial charge < -0.3 is 9.90 Å². The second-order valence-corrected chi connectivity index (χ2v) is 4.06. The summed E-state index contributed by atoms with van der Waals surface area (Å²) in [6, 6.07) is 0. The third kappa shape index (κ3) is 1.31. The predicted molar refractivity (Wildman–Crippen MR) is 56.4 cm³/mol. The number of carboxylic acid groups (broad SMARTS) is 1. The third-order valence-corrected chi connectivity index (χ3v) is 3.03. The van der Waals surface area contributed by atoms with Gasteiger partial charge in [-0.15, -0.1) is 0 Å². The van der Waals surface area contributed by atoms with E-state index in [0.717, 1.165) is 30.7 Å². The van der Waals surface area contributed by atoms with E-state index >= 15 is 0 Å². The lowest BCUT2D eigenvalue weighted by Gasteiger charge is -2.37. The maximum absolute atomic E-state index is 10.9. The highest BCUT2D eigenvalue weighted by Gasteiger charge is 2.25. The fraction of sp³-hybridized carbons (Fsp3) is 0.250. The maximum Gasteiger partial charge on any atom is 0.0730 e. The molecule has 0 aromatic carbocycles. The van der Waals surface area contributed by atoms with Crippen LogP contribution in [0.1, 0.15) is 12.8 Å². The Hall–Kier alpha value is -1.81. The molecule has 82 valence electrons. The summed E-state index contributed by atoms with van der Waals surface area (Å²) in [7, 11) is 0. The number of carbonyl (C=O) groups is 1. The highest BCUT2D eigenvalue weighted by molar-refractivity contribution is 5.89. The van der Waals surface area contributed by atoms with Crippen LogP contribution in [0.25, 0.3) is 0 Å². The van der Waals surface area contributed by atoms with Gasteiger partial charge >= 0.3 is 0 Å². The van der Waals surface area contributed by atoms with Gasteiger partial charge in [-0.1, -0.05) is 12.2 Å². The normalized spacial score (nSPS) is 22.6. The van der Waals surface area contributed by atoms with Gasteiger partial charge in [0.05, 0.1) is 11.7 Å². The number of allylic oxidation sites excluding steroid dienone is 2. The van der Waals surface area contributed by atoms with Crippen LogP contribution in [0.3, 0.4) is 0 Å². The number of carbonyl (C=O) groups excluding carboxylic acids is 1. The molecule has 0 spiro atoms. The van der Waals surface area contributed by atoms with Gasteiger partial charge in [-0.05, 0) is 30.1 Å². The first kappa shape index (κ1) is 9.42. The van der Waals surface area contributed by atoms with Crippen molar-refractivity contribution < 1.29 is 9.90 Å². The number of hydrogen-bond acceptors (Lipinski definition) is 4. The second-order valence-electron chi connectivity index (χ2n) is 4.06. The molecule has 16 heavy (non-hydrogen) atoms. The first-order valence-corrected chi connectivity index (χ1v) is 5.32. The quantitative estimate of drug-likeness (QED) is 0.668. The zero-order valence-electron chi connectivity index (χ0n) is 8.69. The molecule has 2 aliphatic heterocycles. The molecule has 0 saturated heterocycles. The van der Waals surface area contributed by atoms with Crippen LogP contribution in [-0.4, -0.2) is 17.5 Å². The van der Waals surface area contributed by atoms with Crippen molar-refractivity contribution in [1.29, 1.82) is 0 Å². The summed E-state index contributed by atoms with van der Waals surface area (Å²) in [5.74, 6) is -1.14. The van der Waals surface area contributed by atoms with Gasteiger partial charge in [0.15, 0.2) is 0 Å². The first-order chi connectivity index (χ1) is 7.75. The monoisotopic (exact) mass is 215 g/mol. The van der Waals surface area contributed by atoms with Crippen LogP contribution in [0.15, 0.2) is 46.8 Å². The molecule has 4 nitrogen and oxygen atoms in total. The standard InChI is InChI=1S/C12H12N2O2/c15-12(16)10-6-9-3-1-2-8-4-5-13-14(7-10)11(8)9/h1,3,6-7,13H,2,4-5H2,(H,15,16)/p-1. The summed E-state index contributed by atoms with van der Waals surface area (Å²) >= 11 is 0. The van der Waals surface area contributed by atoms with E-state index < -0.39 is 5.97 Å². The SMILES string of the molecule is O=C([O-])C1=CN2NCCC3=C2C(=C1)C=CC3. The zero-order chi connectivity index (χ0) is 11.1. The first-order valence-electron chi connectivity index (χ1n) is 5.32. The average molecular weight is 215 g/mol. The molecule has 0 unspecified atom stereocenters. The second kappa shape index (κ2) is 3.35. The zero-order valence-corrected chi connectivity index (χ0v) is 8.69. The van der Waals surface area contributed by atoms with Gasteiger partial charge in [0.1, 0.15) is 0 Å². The minimum Gasteiger partial charge on any atom is -0.545 e. The lowest BCUT2D eigenvalue weighted by atomic mass is 9.91. The molecule has 4 heteroatoms. The van der Waals surface area contributed by atoms with E-state index in [0.29, 0.717) is 0 Å². The number of rotatable bonds is 1. The number of nitrogens with one attached hydrogen (secondary N) is 1. The molecule has 0 atom stereocenters. The molecule has 0 fully saturated rings. The van der Waals surface area contributed by atoms with E-state index in [9.17, 15) is 9.90 Å². The Morgan fingerprint density at radius 3 is 3.19 bits per heavy atom. The summed E-state index contributed by atoms with van der Waals surface area (Å²) in [4.78, 5) is 10.9. The molecular formula is C12H11N2O2-. The van der Waals surface area contributed by atoms with Crippen molar-refractivity contribution in [3.8, 4) is 0 Å². The number of hydrazine groups is 1. The van der Waals surface area contributed by atoms with Crippen molar-refractivity contribution >= 4 is 5.97 Å². The Morgan fingerprint density at radius 1 is 1.50 bits per heavy atom. The van der Waals surface area contributed by atoms with Crippen LogP contribution in [0.5, 0.6) is 0 Å². The van der Waals surface area contributed by atoms with Crippen LogP contribution in [0, 0.1) is 0 Å². The van der Waals surface area contributed by atoms with Crippen LogP contribution in [0.4, 0.5) is 0 Å². The van der Waals surface area contributed by atoms with E-state index in [1.165, 1.54) is 5.57 Å². The topological polar surface area (TPSA) is 55.4 Å².